The molecule has 0 rings (SSSR count). The maximum Gasteiger partial charge on any atom is 0.0784 e. The lowest BCUT2D eigenvalue weighted by Gasteiger charge is -2.35. The summed E-state index contributed by atoms with van der Waals surface area (Å²) >= 11 is 5.81. The van der Waals surface area contributed by atoms with Crippen LogP contribution in [0.3, 0.4) is 0 Å². The maximum atomic E-state index is 5.81. The standard InChI is InChI=1S/C17H37ClN/c1-4-6-8-9-12-16-19(3,15-11-7-5-2)17-13-10-14-18/h4-17H2,1-3H3/q+1. The van der Waals surface area contributed by atoms with E-state index in [4.69, 9.17) is 11.6 Å². The van der Waals surface area contributed by atoms with Crippen molar-refractivity contribution < 1.29 is 4.48 Å². The van der Waals surface area contributed by atoms with Gasteiger partial charge in [-0.3, -0.25) is 0 Å². The average molecular weight is 291 g/mol. The lowest BCUT2D eigenvalue weighted by molar-refractivity contribution is -0.910. The van der Waals surface area contributed by atoms with E-state index in [0.29, 0.717) is 0 Å². The molecule has 0 aromatic rings. The van der Waals surface area contributed by atoms with E-state index in [1.807, 2.05) is 0 Å². The van der Waals surface area contributed by atoms with E-state index < -0.39 is 0 Å². The number of hydrogen-bond acceptors (Lipinski definition) is 0. The fourth-order valence-electron chi connectivity index (χ4n) is 2.76. The van der Waals surface area contributed by atoms with Gasteiger partial charge in [-0.2, -0.15) is 0 Å². The SMILES string of the molecule is CCCCCCC[N+](C)(CCCCC)CCCCCl. The van der Waals surface area contributed by atoms with Crippen molar-refractivity contribution in [1.82, 2.24) is 0 Å². The predicted molar refractivity (Wildman–Crippen MR) is 89.0 cm³/mol. The van der Waals surface area contributed by atoms with Gasteiger partial charge in [0, 0.05) is 5.88 Å². The van der Waals surface area contributed by atoms with Gasteiger partial charge in [0.1, 0.15) is 0 Å². The molecule has 0 radical (unpaired) electrons. The van der Waals surface area contributed by atoms with Gasteiger partial charge in [0.25, 0.3) is 0 Å². The highest BCUT2D eigenvalue weighted by atomic mass is 35.5. The predicted octanol–water partition coefficient (Wildman–Crippen LogP) is 5.61. The maximum absolute atomic E-state index is 5.81. The molecule has 0 saturated heterocycles. The second-order valence-electron chi connectivity index (χ2n) is 6.31. The van der Waals surface area contributed by atoms with Crippen molar-refractivity contribution in [2.24, 2.45) is 0 Å². The Labute approximate surface area is 127 Å². The molecule has 0 aliphatic carbocycles. The zero-order valence-electron chi connectivity index (χ0n) is 13.7. The van der Waals surface area contributed by atoms with Gasteiger partial charge >= 0.3 is 0 Å². The van der Waals surface area contributed by atoms with Crippen LogP contribution in [0.25, 0.3) is 0 Å². The fourth-order valence-corrected chi connectivity index (χ4v) is 2.95. The summed E-state index contributed by atoms with van der Waals surface area (Å²) in [7, 11) is 2.46. The molecule has 0 aliphatic rings. The quantitative estimate of drug-likeness (QED) is 0.221. The van der Waals surface area contributed by atoms with Crippen LogP contribution >= 0.6 is 11.6 Å². The number of halogens is 1. The lowest BCUT2D eigenvalue weighted by atomic mass is 10.1. The minimum atomic E-state index is 0.825. The first-order valence-electron chi connectivity index (χ1n) is 8.58. The Kier molecular flexibility index (Phi) is 13.4. The van der Waals surface area contributed by atoms with Crippen LogP contribution in [0.5, 0.6) is 0 Å². The van der Waals surface area contributed by atoms with Gasteiger partial charge in [0.2, 0.25) is 0 Å². The Morgan fingerprint density at radius 2 is 1.05 bits per heavy atom. The van der Waals surface area contributed by atoms with Crippen molar-refractivity contribution in [1.29, 1.82) is 0 Å². The summed E-state index contributed by atoms with van der Waals surface area (Å²) in [6, 6.07) is 0. The largest absolute Gasteiger partial charge is 0.326 e. The first-order valence-corrected chi connectivity index (χ1v) is 9.11. The molecule has 0 saturated carbocycles. The third-order valence-corrected chi connectivity index (χ3v) is 4.45. The van der Waals surface area contributed by atoms with Crippen LogP contribution in [0.4, 0.5) is 0 Å². The first kappa shape index (κ1) is 19.2. The lowest BCUT2D eigenvalue weighted by Crippen LogP contribution is -2.46. The minimum Gasteiger partial charge on any atom is -0.326 e. The summed E-state index contributed by atoms with van der Waals surface area (Å²) in [6.45, 7) is 8.64. The van der Waals surface area contributed by atoms with Gasteiger partial charge in [-0.05, 0) is 38.5 Å². The van der Waals surface area contributed by atoms with E-state index in [-0.39, 0.29) is 0 Å². The number of nitrogens with zero attached hydrogens (tertiary/aromatic N) is 1. The van der Waals surface area contributed by atoms with Crippen LogP contribution in [0.1, 0.15) is 78.1 Å². The Bertz CT molecular complexity index is 172. The van der Waals surface area contributed by atoms with E-state index in [9.17, 15) is 0 Å². The van der Waals surface area contributed by atoms with Crippen molar-refractivity contribution >= 4 is 11.6 Å². The first-order chi connectivity index (χ1) is 9.18. The molecule has 0 amide bonds. The highest BCUT2D eigenvalue weighted by Gasteiger charge is 2.19. The molecule has 0 spiro atoms. The summed E-state index contributed by atoms with van der Waals surface area (Å²) in [4.78, 5) is 0. The molecule has 0 aromatic heterocycles. The van der Waals surface area contributed by atoms with Crippen LogP contribution in [0.15, 0.2) is 0 Å². The summed E-state index contributed by atoms with van der Waals surface area (Å²) < 4.78 is 1.28. The monoisotopic (exact) mass is 290 g/mol. The second kappa shape index (κ2) is 13.2. The highest BCUT2D eigenvalue weighted by molar-refractivity contribution is 6.17. The van der Waals surface area contributed by atoms with E-state index in [2.05, 4.69) is 20.9 Å². The van der Waals surface area contributed by atoms with Gasteiger partial charge < -0.3 is 4.48 Å². The van der Waals surface area contributed by atoms with Crippen molar-refractivity contribution in [3.63, 3.8) is 0 Å². The van der Waals surface area contributed by atoms with Crippen LogP contribution in [0, 0.1) is 0 Å². The topological polar surface area (TPSA) is 0 Å². The van der Waals surface area contributed by atoms with Gasteiger partial charge in [-0.25, -0.2) is 0 Å². The van der Waals surface area contributed by atoms with Gasteiger partial charge in [-0.15, -0.1) is 11.6 Å². The Balaban J connectivity index is 3.92. The summed E-state index contributed by atoms with van der Waals surface area (Å²) in [5.41, 5.74) is 0. The molecule has 116 valence electrons. The average Bonchev–Trinajstić information content (AvgIpc) is 2.39. The van der Waals surface area contributed by atoms with Crippen molar-refractivity contribution in [2.75, 3.05) is 32.6 Å². The fraction of sp³-hybridized carbons (Fsp3) is 1.00. The summed E-state index contributed by atoms with van der Waals surface area (Å²) in [6.07, 6.45) is 13.6. The van der Waals surface area contributed by atoms with Crippen molar-refractivity contribution in [3.05, 3.63) is 0 Å². The van der Waals surface area contributed by atoms with E-state index >= 15 is 0 Å². The molecule has 1 nitrogen and oxygen atoms in total. The molecule has 1 atom stereocenters. The molecular formula is C17H37ClN+. The third-order valence-electron chi connectivity index (χ3n) is 4.18. The molecule has 0 N–H and O–H groups in total. The molecule has 0 aliphatic heterocycles. The molecular weight excluding hydrogens is 254 g/mol. The molecule has 0 bridgehead atoms. The zero-order chi connectivity index (χ0) is 14.4. The van der Waals surface area contributed by atoms with E-state index in [0.717, 1.165) is 5.88 Å². The second-order valence-corrected chi connectivity index (χ2v) is 6.69. The number of alkyl halides is 1. The van der Waals surface area contributed by atoms with Crippen molar-refractivity contribution in [3.8, 4) is 0 Å². The minimum absolute atomic E-state index is 0.825. The molecule has 0 aromatic carbocycles. The smallest absolute Gasteiger partial charge is 0.0784 e. The van der Waals surface area contributed by atoms with Crippen LogP contribution in [0.2, 0.25) is 0 Å². The molecule has 1 unspecified atom stereocenters. The number of quaternary nitrogens is 1. The summed E-state index contributed by atoms with van der Waals surface area (Å²) in [5, 5.41) is 0. The Hall–Kier alpha value is 0.250. The zero-order valence-corrected chi connectivity index (χ0v) is 14.5. The van der Waals surface area contributed by atoms with Crippen LogP contribution in [-0.2, 0) is 0 Å². The molecule has 0 heterocycles. The van der Waals surface area contributed by atoms with Gasteiger partial charge in [0.05, 0.1) is 26.7 Å². The molecule has 19 heavy (non-hydrogen) atoms. The Morgan fingerprint density at radius 3 is 1.58 bits per heavy atom. The summed E-state index contributed by atoms with van der Waals surface area (Å²) in [5.74, 6) is 0.825. The Morgan fingerprint density at radius 1 is 0.632 bits per heavy atom. The highest BCUT2D eigenvalue weighted by Crippen LogP contribution is 2.13. The van der Waals surface area contributed by atoms with Crippen LogP contribution < -0.4 is 0 Å². The van der Waals surface area contributed by atoms with Gasteiger partial charge in [0.15, 0.2) is 0 Å². The van der Waals surface area contributed by atoms with Gasteiger partial charge in [-0.1, -0.05) is 39.5 Å². The van der Waals surface area contributed by atoms with Crippen molar-refractivity contribution in [2.45, 2.75) is 78.1 Å². The number of hydrogen-bond donors (Lipinski definition) is 0. The van der Waals surface area contributed by atoms with E-state index in [1.54, 1.807) is 0 Å². The number of rotatable bonds is 14. The van der Waals surface area contributed by atoms with E-state index in [1.165, 1.54) is 88.3 Å². The normalized spacial score (nSPS) is 14.5. The molecule has 0 fully saturated rings. The molecule has 2 heteroatoms. The number of unbranched alkanes of at least 4 members (excludes halogenated alkanes) is 7. The van der Waals surface area contributed by atoms with Crippen LogP contribution in [-0.4, -0.2) is 37.0 Å². The third kappa shape index (κ3) is 11.8.